The molecule has 0 aromatic carbocycles. The predicted molar refractivity (Wildman–Crippen MR) is 100 cm³/mol. The number of hydrogen-bond donors (Lipinski definition) is 3. The van der Waals surface area contributed by atoms with E-state index in [2.05, 4.69) is 6.58 Å². The fourth-order valence-corrected chi connectivity index (χ4v) is 8.23. The van der Waals surface area contributed by atoms with Crippen LogP contribution in [0.3, 0.4) is 0 Å². The molecule has 7 nitrogen and oxygen atoms in total. The summed E-state index contributed by atoms with van der Waals surface area (Å²) in [5.74, 6) is -4.26. The Labute approximate surface area is 170 Å². The molecule has 4 bridgehead atoms. The number of allylic oxidation sites excluding steroid dienone is 1. The van der Waals surface area contributed by atoms with Gasteiger partial charge in [-0.1, -0.05) is 20.4 Å². The number of Topliss-reactive ketones (excluding diaryl/α,β-unsaturated/α-hetero) is 1. The maximum absolute atomic E-state index is 13.5. The minimum absolute atomic E-state index is 0.0283. The van der Waals surface area contributed by atoms with Crippen LogP contribution in [0.2, 0.25) is 0 Å². The first kappa shape index (κ1) is 19.7. The lowest BCUT2D eigenvalue weighted by Crippen LogP contribution is -2.85. The van der Waals surface area contributed by atoms with Gasteiger partial charge >= 0.3 is 5.97 Å². The van der Waals surface area contributed by atoms with Crippen molar-refractivity contribution in [3.05, 3.63) is 12.2 Å². The molecule has 7 heteroatoms. The van der Waals surface area contributed by atoms with E-state index in [4.69, 9.17) is 9.47 Å². The zero-order chi connectivity index (χ0) is 21.1. The van der Waals surface area contributed by atoms with Crippen LogP contribution in [-0.2, 0) is 19.1 Å². The number of esters is 1. The van der Waals surface area contributed by atoms with E-state index in [1.165, 1.54) is 6.92 Å². The number of aliphatic hydroxyl groups is 3. The Kier molecular flexibility index (Phi) is 3.73. The SMILES string of the molecule is C=C1C(=O)[C@]23C[C@H]1C[C@H](O)[C@H]2[C@@]12CO[C@]3(O)[C@@H](O)[C@@H]1C(C)(C)CC[C@@H]2OC(C)=O. The third kappa shape index (κ3) is 1.94. The van der Waals surface area contributed by atoms with E-state index in [-0.39, 0.29) is 18.3 Å². The van der Waals surface area contributed by atoms with E-state index in [1.807, 2.05) is 13.8 Å². The molecule has 2 heterocycles. The van der Waals surface area contributed by atoms with Gasteiger partial charge in [0, 0.05) is 24.2 Å². The Morgan fingerprint density at radius 3 is 2.62 bits per heavy atom. The van der Waals surface area contributed by atoms with Gasteiger partial charge in [0.2, 0.25) is 5.79 Å². The van der Waals surface area contributed by atoms with E-state index in [0.717, 1.165) is 0 Å². The van der Waals surface area contributed by atoms with Crippen LogP contribution in [0.25, 0.3) is 0 Å². The first-order chi connectivity index (χ1) is 13.4. The zero-order valence-corrected chi connectivity index (χ0v) is 17.2. The number of carbonyl (C=O) groups excluding carboxylic acids is 2. The van der Waals surface area contributed by atoms with E-state index < -0.39 is 58.1 Å². The number of rotatable bonds is 1. The van der Waals surface area contributed by atoms with E-state index in [9.17, 15) is 24.9 Å². The topological polar surface area (TPSA) is 113 Å². The zero-order valence-electron chi connectivity index (χ0n) is 17.2. The predicted octanol–water partition coefficient (Wildman–Crippen LogP) is 0.946. The van der Waals surface area contributed by atoms with E-state index in [1.54, 1.807) is 0 Å². The van der Waals surface area contributed by atoms with Gasteiger partial charge in [-0.3, -0.25) is 9.59 Å². The molecule has 6 rings (SSSR count). The van der Waals surface area contributed by atoms with Gasteiger partial charge in [-0.25, -0.2) is 0 Å². The lowest BCUT2D eigenvalue weighted by Gasteiger charge is -2.74. The molecule has 6 fully saturated rings. The molecule has 2 spiro atoms. The molecule has 0 unspecified atom stereocenters. The highest BCUT2D eigenvalue weighted by molar-refractivity contribution is 6.04. The van der Waals surface area contributed by atoms with Crippen LogP contribution in [0.4, 0.5) is 0 Å². The van der Waals surface area contributed by atoms with Crippen LogP contribution in [0.15, 0.2) is 12.2 Å². The molecule has 0 amide bonds. The van der Waals surface area contributed by atoms with Gasteiger partial charge < -0.3 is 24.8 Å². The quantitative estimate of drug-likeness (QED) is 0.439. The summed E-state index contributed by atoms with van der Waals surface area (Å²) in [7, 11) is 0. The van der Waals surface area contributed by atoms with Crippen molar-refractivity contribution in [2.75, 3.05) is 6.61 Å². The minimum Gasteiger partial charge on any atom is -0.462 e. The highest BCUT2D eigenvalue weighted by atomic mass is 16.6. The second-order valence-electron chi connectivity index (χ2n) is 10.7. The van der Waals surface area contributed by atoms with Crippen molar-refractivity contribution in [2.24, 2.45) is 34.0 Å². The summed E-state index contributed by atoms with van der Waals surface area (Å²) in [6, 6.07) is 0. The molecule has 3 N–H and O–H groups in total. The summed E-state index contributed by atoms with van der Waals surface area (Å²) in [6.45, 7) is 9.36. The molecule has 6 aliphatic rings. The van der Waals surface area contributed by atoms with Crippen LogP contribution in [0.1, 0.15) is 46.5 Å². The normalized spacial score (nSPS) is 54.7. The van der Waals surface area contributed by atoms with Gasteiger partial charge in [0.1, 0.15) is 12.2 Å². The van der Waals surface area contributed by atoms with E-state index in [0.29, 0.717) is 31.3 Å². The average molecular weight is 406 g/mol. The van der Waals surface area contributed by atoms with Crippen LogP contribution in [0, 0.1) is 34.0 Å². The van der Waals surface area contributed by atoms with Crippen LogP contribution < -0.4 is 0 Å². The molecule has 29 heavy (non-hydrogen) atoms. The molecular formula is C22H30O7. The standard InChI is InChI=1S/C22H30O7/c1-10-12-7-13(24)15-20-9-28-22(27,21(15,8-12)17(10)25)18(26)16(20)19(3,4)6-5-14(20)29-11(2)23/h12-16,18,24,26-27H,1,5-9H2,2-4H3/t12-,13+,14+,15+,16-,18+,20+,21+,22-/m1/s1. The van der Waals surface area contributed by atoms with Gasteiger partial charge in [0.15, 0.2) is 5.78 Å². The van der Waals surface area contributed by atoms with Crippen molar-refractivity contribution in [3.63, 3.8) is 0 Å². The molecule has 4 saturated carbocycles. The maximum Gasteiger partial charge on any atom is 0.302 e. The molecule has 0 radical (unpaired) electrons. The molecule has 2 saturated heterocycles. The van der Waals surface area contributed by atoms with Crippen molar-refractivity contribution in [1.82, 2.24) is 0 Å². The van der Waals surface area contributed by atoms with Crippen molar-refractivity contribution in [1.29, 1.82) is 0 Å². The summed E-state index contributed by atoms with van der Waals surface area (Å²) in [4.78, 5) is 25.5. The van der Waals surface area contributed by atoms with Crippen LogP contribution in [-0.4, -0.2) is 57.8 Å². The lowest BCUT2D eigenvalue weighted by atomic mass is 9.35. The third-order valence-corrected chi connectivity index (χ3v) is 9.06. The maximum atomic E-state index is 13.5. The monoisotopic (exact) mass is 406 g/mol. The van der Waals surface area contributed by atoms with Crippen LogP contribution in [0.5, 0.6) is 0 Å². The Balaban J connectivity index is 1.79. The van der Waals surface area contributed by atoms with Crippen molar-refractivity contribution < 1.29 is 34.4 Å². The minimum atomic E-state index is -2.09. The molecular weight excluding hydrogens is 376 g/mol. The number of fused-ring (bicyclic) bond motifs is 2. The van der Waals surface area contributed by atoms with E-state index >= 15 is 0 Å². The number of carbonyl (C=O) groups is 2. The highest BCUT2D eigenvalue weighted by Gasteiger charge is 2.86. The Hall–Kier alpha value is -1.28. The van der Waals surface area contributed by atoms with Crippen molar-refractivity contribution >= 4 is 11.8 Å². The van der Waals surface area contributed by atoms with Crippen LogP contribution >= 0.6 is 0 Å². The fourth-order valence-electron chi connectivity index (χ4n) is 8.23. The second-order valence-corrected chi connectivity index (χ2v) is 10.7. The second kappa shape index (κ2) is 5.49. The smallest absolute Gasteiger partial charge is 0.302 e. The summed E-state index contributed by atoms with van der Waals surface area (Å²) < 4.78 is 11.7. The van der Waals surface area contributed by atoms with Gasteiger partial charge in [-0.05, 0) is 42.6 Å². The van der Waals surface area contributed by atoms with Gasteiger partial charge in [0.25, 0.3) is 0 Å². The van der Waals surface area contributed by atoms with Crippen molar-refractivity contribution in [3.8, 4) is 0 Å². The largest absolute Gasteiger partial charge is 0.462 e. The molecule has 2 aliphatic heterocycles. The van der Waals surface area contributed by atoms with Gasteiger partial charge in [-0.2, -0.15) is 0 Å². The number of ether oxygens (including phenoxy) is 2. The molecule has 160 valence electrons. The number of ketones is 1. The number of aliphatic hydroxyl groups excluding tert-OH is 2. The first-order valence-corrected chi connectivity index (χ1v) is 10.6. The van der Waals surface area contributed by atoms with Crippen molar-refractivity contribution in [2.45, 2.75) is 70.6 Å². The fraction of sp³-hybridized carbons (Fsp3) is 0.818. The lowest BCUT2D eigenvalue weighted by molar-refractivity contribution is -0.455. The number of hydrogen-bond acceptors (Lipinski definition) is 7. The molecule has 4 aliphatic carbocycles. The summed E-state index contributed by atoms with van der Waals surface area (Å²) in [5, 5.41) is 34.6. The Bertz CT molecular complexity index is 820. The van der Waals surface area contributed by atoms with Gasteiger partial charge in [-0.15, -0.1) is 0 Å². The summed E-state index contributed by atoms with van der Waals surface area (Å²) >= 11 is 0. The van der Waals surface area contributed by atoms with Gasteiger partial charge in [0.05, 0.1) is 18.1 Å². The molecule has 9 atom stereocenters. The Morgan fingerprint density at radius 2 is 1.97 bits per heavy atom. The summed E-state index contributed by atoms with van der Waals surface area (Å²) in [6.07, 6.45) is -0.908. The molecule has 0 aromatic rings. The molecule has 0 aromatic heterocycles. The highest BCUT2D eigenvalue weighted by Crippen LogP contribution is 2.76. The first-order valence-electron chi connectivity index (χ1n) is 10.6. The third-order valence-electron chi connectivity index (χ3n) is 9.06. The summed E-state index contributed by atoms with van der Waals surface area (Å²) in [5.41, 5.74) is -2.44. The average Bonchev–Trinajstić information content (AvgIpc) is 2.82. The Morgan fingerprint density at radius 1 is 1.28 bits per heavy atom.